The summed E-state index contributed by atoms with van der Waals surface area (Å²) in [4.78, 5) is 0.200. The third kappa shape index (κ3) is 1.83. The zero-order valence-electron chi connectivity index (χ0n) is 9.58. The molecule has 0 N–H and O–H groups in total. The lowest BCUT2D eigenvalue weighted by atomic mass is 9.75. The van der Waals surface area contributed by atoms with Gasteiger partial charge in [-0.3, -0.25) is 0 Å². The molecule has 1 aliphatic carbocycles. The summed E-state index contributed by atoms with van der Waals surface area (Å²) >= 11 is 2.08. The summed E-state index contributed by atoms with van der Waals surface area (Å²) in [5.41, 5.74) is 0. The molecule has 2 rings (SSSR count). The van der Waals surface area contributed by atoms with Crippen molar-refractivity contribution in [3.05, 3.63) is 0 Å². The molecule has 2 fully saturated rings. The number of hydrogen-bond donors (Lipinski definition) is 0. The number of thioether (sulfide) groups is 1. The first-order valence-corrected chi connectivity index (χ1v) is 6.90. The van der Waals surface area contributed by atoms with Crippen LogP contribution in [0.1, 0.15) is 40.0 Å². The van der Waals surface area contributed by atoms with Gasteiger partial charge in [0.15, 0.2) is 0 Å². The lowest BCUT2D eigenvalue weighted by Crippen LogP contribution is -2.42. The van der Waals surface area contributed by atoms with Crippen LogP contribution in [0.4, 0.5) is 0 Å². The van der Waals surface area contributed by atoms with Crippen LogP contribution in [0.25, 0.3) is 0 Å². The second-order valence-corrected chi connectivity index (χ2v) is 6.63. The van der Waals surface area contributed by atoms with Gasteiger partial charge >= 0.3 is 0 Å². The van der Waals surface area contributed by atoms with Crippen LogP contribution >= 0.6 is 11.8 Å². The fourth-order valence-corrected chi connectivity index (χ4v) is 4.75. The Kier molecular flexibility index (Phi) is 3.13. The predicted molar refractivity (Wildman–Crippen MR) is 62.5 cm³/mol. The highest BCUT2D eigenvalue weighted by atomic mass is 32.2. The quantitative estimate of drug-likeness (QED) is 0.660. The van der Waals surface area contributed by atoms with E-state index in [-0.39, 0.29) is 4.93 Å². The van der Waals surface area contributed by atoms with E-state index in [1.54, 1.807) is 0 Å². The molecule has 1 aliphatic heterocycles. The van der Waals surface area contributed by atoms with E-state index in [1.807, 2.05) is 0 Å². The van der Waals surface area contributed by atoms with Crippen LogP contribution in [0.3, 0.4) is 0 Å². The molecule has 2 heteroatoms. The molecule has 1 saturated carbocycles. The van der Waals surface area contributed by atoms with Gasteiger partial charge in [0.25, 0.3) is 0 Å². The van der Waals surface area contributed by atoms with Crippen molar-refractivity contribution in [2.75, 3.05) is 12.4 Å². The van der Waals surface area contributed by atoms with Gasteiger partial charge in [-0.2, -0.15) is 0 Å². The van der Waals surface area contributed by atoms with E-state index in [0.717, 1.165) is 24.4 Å². The van der Waals surface area contributed by atoms with Gasteiger partial charge < -0.3 is 4.74 Å². The lowest BCUT2D eigenvalue weighted by molar-refractivity contribution is -0.0479. The standard InChI is InChI=1S/C12H22OS/c1-9(2)11-5-4-10(3)8-12(11)13-6-7-14-12/h9-11H,4-8H2,1-3H3/t10-,11+,12-/m1/s1. The largest absolute Gasteiger partial charge is 0.363 e. The first-order chi connectivity index (χ1) is 6.64. The van der Waals surface area contributed by atoms with Gasteiger partial charge in [-0.25, -0.2) is 0 Å². The first kappa shape index (κ1) is 10.8. The van der Waals surface area contributed by atoms with Gasteiger partial charge in [0, 0.05) is 5.75 Å². The Morgan fingerprint density at radius 3 is 2.71 bits per heavy atom. The summed E-state index contributed by atoms with van der Waals surface area (Å²) in [5.74, 6) is 3.62. The minimum atomic E-state index is 0.200. The number of rotatable bonds is 1. The van der Waals surface area contributed by atoms with Crippen molar-refractivity contribution in [2.45, 2.75) is 45.0 Å². The summed E-state index contributed by atoms with van der Waals surface area (Å²) in [6.07, 6.45) is 4.04. The first-order valence-electron chi connectivity index (χ1n) is 5.92. The Labute approximate surface area is 92.0 Å². The summed E-state index contributed by atoms with van der Waals surface area (Å²) < 4.78 is 6.09. The molecule has 0 aromatic heterocycles. The molecule has 0 aromatic rings. The van der Waals surface area contributed by atoms with E-state index in [1.165, 1.54) is 25.0 Å². The minimum Gasteiger partial charge on any atom is -0.363 e. The summed E-state index contributed by atoms with van der Waals surface area (Å²) in [7, 11) is 0. The molecule has 1 spiro atoms. The Balaban J connectivity index is 2.14. The maximum Gasteiger partial charge on any atom is 0.117 e. The highest BCUT2D eigenvalue weighted by Crippen LogP contribution is 2.52. The molecule has 1 saturated heterocycles. The van der Waals surface area contributed by atoms with Crippen LogP contribution < -0.4 is 0 Å². The fourth-order valence-electron chi connectivity index (χ4n) is 3.07. The molecule has 1 nitrogen and oxygen atoms in total. The van der Waals surface area contributed by atoms with Crippen LogP contribution in [-0.2, 0) is 4.74 Å². The van der Waals surface area contributed by atoms with Crippen LogP contribution in [0, 0.1) is 17.8 Å². The van der Waals surface area contributed by atoms with Gasteiger partial charge in [-0.15, -0.1) is 11.8 Å². The zero-order chi connectivity index (χ0) is 10.2. The lowest BCUT2D eigenvalue weighted by Gasteiger charge is -2.44. The van der Waals surface area contributed by atoms with E-state index >= 15 is 0 Å². The molecule has 0 aromatic carbocycles. The Bertz CT molecular complexity index is 196. The summed E-state index contributed by atoms with van der Waals surface area (Å²) in [6, 6.07) is 0. The van der Waals surface area contributed by atoms with E-state index in [4.69, 9.17) is 4.74 Å². The van der Waals surface area contributed by atoms with Gasteiger partial charge in [0.1, 0.15) is 4.93 Å². The van der Waals surface area contributed by atoms with Gasteiger partial charge in [-0.1, -0.05) is 27.2 Å². The predicted octanol–water partition coefficient (Wildman–Crippen LogP) is 3.54. The molecule has 14 heavy (non-hydrogen) atoms. The molecule has 0 radical (unpaired) electrons. The van der Waals surface area contributed by atoms with E-state index in [9.17, 15) is 0 Å². The molecule has 1 heterocycles. The Hall–Kier alpha value is 0.310. The second-order valence-electron chi connectivity index (χ2n) is 5.25. The van der Waals surface area contributed by atoms with Crippen molar-refractivity contribution in [3.8, 4) is 0 Å². The molecular formula is C12H22OS. The van der Waals surface area contributed by atoms with E-state index in [2.05, 4.69) is 32.5 Å². The fraction of sp³-hybridized carbons (Fsp3) is 1.00. The average molecular weight is 214 g/mol. The SMILES string of the molecule is CC(C)[C@@H]1CC[C@@H](C)C[C@]12OCCS2. The molecule has 82 valence electrons. The Morgan fingerprint density at radius 2 is 2.14 bits per heavy atom. The van der Waals surface area contributed by atoms with Crippen molar-refractivity contribution in [2.24, 2.45) is 17.8 Å². The molecule has 0 amide bonds. The maximum absolute atomic E-state index is 6.09. The Morgan fingerprint density at radius 1 is 1.36 bits per heavy atom. The summed E-state index contributed by atoms with van der Waals surface area (Å²) in [6.45, 7) is 8.05. The van der Waals surface area contributed by atoms with Crippen molar-refractivity contribution in [3.63, 3.8) is 0 Å². The molecular weight excluding hydrogens is 192 g/mol. The van der Waals surface area contributed by atoms with Crippen LogP contribution in [0.15, 0.2) is 0 Å². The monoisotopic (exact) mass is 214 g/mol. The zero-order valence-corrected chi connectivity index (χ0v) is 10.4. The number of ether oxygens (including phenoxy) is 1. The average Bonchev–Trinajstić information content (AvgIpc) is 2.52. The molecule has 3 atom stereocenters. The summed E-state index contributed by atoms with van der Waals surface area (Å²) in [5, 5.41) is 0. The van der Waals surface area contributed by atoms with Crippen molar-refractivity contribution >= 4 is 11.8 Å². The molecule has 0 unspecified atom stereocenters. The number of hydrogen-bond acceptors (Lipinski definition) is 2. The van der Waals surface area contributed by atoms with E-state index in [0.29, 0.717) is 0 Å². The van der Waals surface area contributed by atoms with Gasteiger partial charge in [0.05, 0.1) is 6.61 Å². The van der Waals surface area contributed by atoms with Crippen molar-refractivity contribution in [1.29, 1.82) is 0 Å². The highest BCUT2D eigenvalue weighted by Gasteiger charge is 2.47. The third-order valence-corrected chi connectivity index (χ3v) is 5.20. The van der Waals surface area contributed by atoms with Gasteiger partial charge in [0.2, 0.25) is 0 Å². The minimum absolute atomic E-state index is 0.200. The van der Waals surface area contributed by atoms with Crippen molar-refractivity contribution in [1.82, 2.24) is 0 Å². The highest BCUT2D eigenvalue weighted by molar-refractivity contribution is 8.00. The van der Waals surface area contributed by atoms with Crippen LogP contribution in [0.5, 0.6) is 0 Å². The second kappa shape index (κ2) is 4.05. The normalized spacial score (nSPS) is 43.7. The molecule has 2 aliphatic rings. The smallest absolute Gasteiger partial charge is 0.117 e. The topological polar surface area (TPSA) is 9.23 Å². The maximum atomic E-state index is 6.09. The van der Waals surface area contributed by atoms with Gasteiger partial charge in [-0.05, 0) is 30.6 Å². The van der Waals surface area contributed by atoms with Crippen LogP contribution in [-0.4, -0.2) is 17.3 Å². The van der Waals surface area contributed by atoms with Crippen molar-refractivity contribution < 1.29 is 4.74 Å². The third-order valence-electron chi connectivity index (χ3n) is 3.75. The van der Waals surface area contributed by atoms with Crippen LogP contribution in [0.2, 0.25) is 0 Å². The van der Waals surface area contributed by atoms with E-state index < -0.39 is 0 Å². The molecule has 0 bridgehead atoms.